The molecule has 0 aromatic heterocycles. The molecule has 0 nitrogen and oxygen atoms in total. The van der Waals surface area contributed by atoms with E-state index in [-0.39, 0.29) is 0 Å². The van der Waals surface area contributed by atoms with E-state index in [1.165, 1.54) is 25.7 Å². The summed E-state index contributed by atoms with van der Waals surface area (Å²) in [5.41, 5.74) is 0. The maximum Gasteiger partial charge on any atom is 0.0168 e. The van der Waals surface area contributed by atoms with E-state index < -0.39 is 0 Å². The number of rotatable bonds is 5. The maximum atomic E-state index is 3.67. The number of hydrogen-bond donors (Lipinski definition) is 0. The molecule has 0 aliphatic rings. The molecule has 1 heteroatoms. The van der Waals surface area contributed by atoms with Gasteiger partial charge in [0.05, 0.1) is 0 Å². The van der Waals surface area contributed by atoms with Crippen LogP contribution in [0, 0.1) is 5.92 Å². The van der Waals surface area contributed by atoms with Crippen LogP contribution in [0.3, 0.4) is 0 Å². The van der Waals surface area contributed by atoms with Gasteiger partial charge in [0.1, 0.15) is 0 Å². The van der Waals surface area contributed by atoms with Gasteiger partial charge in [-0.2, -0.15) is 0 Å². The second-order valence-corrected chi connectivity index (χ2v) is 4.22. The fourth-order valence-corrected chi connectivity index (χ4v) is 1.37. The SMILES string of the molecule is CCCCC(C)C(Br)CC. The van der Waals surface area contributed by atoms with Gasteiger partial charge in [-0.3, -0.25) is 0 Å². The molecule has 0 fully saturated rings. The van der Waals surface area contributed by atoms with E-state index in [1.54, 1.807) is 0 Å². The van der Waals surface area contributed by atoms with Gasteiger partial charge in [-0.25, -0.2) is 0 Å². The van der Waals surface area contributed by atoms with Gasteiger partial charge in [0, 0.05) is 4.83 Å². The first-order chi connectivity index (χ1) is 4.72. The van der Waals surface area contributed by atoms with Crippen molar-refractivity contribution in [3.05, 3.63) is 0 Å². The lowest BCUT2D eigenvalue weighted by atomic mass is 9.99. The van der Waals surface area contributed by atoms with Gasteiger partial charge < -0.3 is 0 Å². The van der Waals surface area contributed by atoms with Crippen LogP contribution in [-0.2, 0) is 0 Å². The molecular formula is C9H19Br. The molecule has 0 heterocycles. The largest absolute Gasteiger partial charge is 0.0888 e. The molecule has 2 unspecified atom stereocenters. The van der Waals surface area contributed by atoms with Crippen molar-refractivity contribution in [3.8, 4) is 0 Å². The van der Waals surface area contributed by atoms with Crippen LogP contribution in [0.15, 0.2) is 0 Å². The third kappa shape index (κ3) is 4.32. The van der Waals surface area contributed by atoms with Crippen molar-refractivity contribution in [2.24, 2.45) is 5.92 Å². The molecular weight excluding hydrogens is 188 g/mol. The fraction of sp³-hybridized carbons (Fsp3) is 1.00. The zero-order valence-electron chi connectivity index (χ0n) is 7.36. The van der Waals surface area contributed by atoms with Crippen LogP contribution in [0.5, 0.6) is 0 Å². The summed E-state index contributed by atoms with van der Waals surface area (Å²) in [4.78, 5) is 0.735. The summed E-state index contributed by atoms with van der Waals surface area (Å²) in [5.74, 6) is 0.852. The number of unbranched alkanes of at least 4 members (excludes halogenated alkanes) is 1. The van der Waals surface area contributed by atoms with Crippen LogP contribution < -0.4 is 0 Å². The van der Waals surface area contributed by atoms with Crippen molar-refractivity contribution < 1.29 is 0 Å². The lowest BCUT2D eigenvalue weighted by Crippen LogP contribution is -2.08. The molecule has 62 valence electrons. The van der Waals surface area contributed by atoms with Gasteiger partial charge in [0.25, 0.3) is 0 Å². The average molecular weight is 207 g/mol. The van der Waals surface area contributed by atoms with Crippen molar-refractivity contribution in [2.45, 2.75) is 51.3 Å². The summed E-state index contributed by atoms with van der Waals surface area (Å²) in [6, 6.07) is 0. The van der Waals surface area contributed by atoms with Gasteiger partial charge in [-0.1, -0.05) is 49.5 Å². The minimum atomic E-state index is 0.735. The Morgan fingerprint density at radius 1 is 1.30 bits per heavy atom. The van der Waals surface area contributed by atoms with Crippen molar-refractivity contribution in [1.82, 2.24) is 0 Å². The van der Waals surface area contributed by atoms with Crippen molar-refractivity contribution in [3.63, 3.8) is 0 Å². The highest BCUT2D eigenvalue weighted by Gasteiger charge is 2.09. The van der Waals surface area contributed by atoms with Crippen LogP contribution in [-0.4, -0.2) is 4.83 Å². The van der Waals surface area contributed by atoms with E-state index in [0.717, 1.165) is 10.7 Å². The first-order valence-corrected chi connectivity index (χ1v) is 5.28. The van der Waals surface area contributed by atoms with Crippen LogP contribution in [0.1, 0.15) is 46.5 Å². The van der Waals surface area contributed by atoms with E-state index in [1.807, 2.05) is 0 Å². The summed E-state index contributed by atoms with van der Waals surface area (Å²) in [6.07, 6.45) is 5.34. The first-order valence-electron chi connectivity index (χ1n) is 4.36. The van der Waals surface area contributed by atoms with Crippen molar-refractivity contribution >= 4 is 15.9 Å². The molecule has 0 aliphatic carbocycles. The summed E-state index contributed by atoms with van der Waals surface area (Å²) in [6.45, 7) is 6.82. The van der Waals surface area contributed by atoms with Gasteiger partial charge in [-0.15, -0.1) is 0 Å². The average Bonchev–Trinajstić information content (AvgIpc) is 1.98. The van der Waals surface area contributed by atoms with Crippen molar-refractivity contribution in [1.29, 1.82) is 0 Å². The molecule has 0 saturated heterocycles. The number of halogens is 1. The van der Waals surface area contributed by atoms with E-state index in [9.17, 15) is 0 Å². The van der Waals surface area contributed by atoms with E-state index in [2.05, 4.69) is 36.7 Å². The Bertz CT molecular complexity index is 71.1. The van der Waals surface area contributed by atoms with Crippen molar-refractivity contribution in [2.75, 3.05) is 0 Å². The molecule has 2 atom stereocenters. The molecule has 0 N–H and O–H groups in total. The summed E-state index contributed by atoms with van der Waals surface area (Å²) in [5, 5.41) is 0. The highest BCUT2D eigenvalue weighted by atomic mass is 79.9. The fourth-order valence-electron chi connectivity index (χ4n) is 1.11. The minimum Gasteiger partial charge on any atom is -0.0888 e. The first kappa shape index (κ1) is 10.5. The Hall–Kier alpha value is 0.480. The molecule has 0 radical (unpaired) electrons. The quantitative estimate of drug-likeness (QED) is 0.598. The molecule has 0 aromatic carbocycles. The summed E-state index contributed by atoms with van der Waals surface area (Å²) in [7, 11) is 0. The maximum absolute atomic E-state index is 3.67. The van der Waals surface area contributed by atoms with Crippen LogP contribution >= 0.6 is 15.9 Å². The Morgan fingerprint density at radius 3 is 2.30 bits per heavy atom. The van der Waals surface area contributed by atoms with E-state index in [0.29, 0.717) is 0 Å². The van der Waals surface area contributed by atoms with Crippen LogP contribution in [0.25, 0.3) is 0 Å². The monoisotopic (exact) mass is 206 g/mol. The third-order valence-electron chi connectivity index (χ3n) is 2.02. The lowest BCUT2D eigenvalue weighted by Gasteiger charge is -2.15. The molecule has 0 amide bonds. The predicted octanol–water partition coefficient (Wildman–Crippen LogP) is 3.99. The number of alkyl halides is 1. The predicted molar refractivity (Wildman–Crippen MR) is 51.7 cm³/mol. The third-order valence-corrected chi connectivity index (χ3v) is 3.57. The number of hydrogen-bond acceptors (Lipinski definition) is 0. The van der Waals surface area contributed by atoms with Gasteiger partial charge >= 0.3 is 0 Å². The Kier molecular flexibility index (Phi) is 6.50. The molecule has 0 saturated carbocycles. The molecule has 0 spiro atoms. The zero-order valence-corrected chi connectivity index (χ0v) is 8.95. The second-order valence-electron chi connectivity index (χ2n) is 3.04. The topological polar surface area (TPSA) is 0 Å². The zero-order chi connectivity index (χ0) is 7.98. The van der Waals surface area contributed by atoms with Gasteiger partial charge in [-0.05, 0) is 18.8 Å². The summed E-state index contributed by atoms with van der Waals surface area (Å²) < 4.78 is 0. The smallest absolute Gasteiger partial charge is 0.0168 e. The van der Waals surface area contributed by atoms with Crippen LogP contribution in [0.4, 0.5) is 0 Å². The highest BCUT2D eigenvalue weighted by Crippen LogP contribution is 2.20. The van der Waals surface area contributed by atoms with E-state index >= 15 is 0 Å². The van der Waals surface area contributed by atoms with Crippen LogP contribution in [0.2, 0.25) is 0 Å². The highest BCUT2D eigenvalue weighted by molar-refractivity contribution is 9.09. The Labute approximate surface area is 73.5 Å². The van der Waals surface area contributed by atoms with Gasteiger partial charge in [0.15, 0.2) is 0 Å². The molecule has 0 aliphatic heterocycles. The Morgan fingerprint density at radius 2 is 1.90 bits per heavy atom. The minimum absolute atomic E-state index is 0.735. The summed E-state index contributed by atoms with van der Waals surface area (Å²) >= 11 is 3.67. The molecule has 10 heavy (non-hydrogen) atoms. The standard InChI is InChI=1S/C9H19Br/c1-4-6-7-8(3)9(10)5-2/h8-9H,4-7H2,1-3H3. The Balaban J connectivity index is 3.31. The second kappa shape index (κ2) is 6.21. The van der Waals surface area contributed by atoms with Gasteiger partial charge in [0.2, 0.25) is 0 Å². The molecule has 0 aromatic rings. The molecule has 0 bridgehead atoms. The molecule has 0 rings (SSSR count). The lowest BCUT2D eigenvalue weighted by molar-refractivity contribution is 0.484. The normalized spacial score (nSPS) is 16.8. The van der Waals surface area contributed by atoms with E-state index in [4.69, 9.17) is 0 Å².